The quantitative estimate of drug-likeness (QED) is 0.911. The van der Waals surface area contributed by atoms with Crippen LogP contribution in [-0.4, -0.2) is 30.1 Å². The first-order chi connectivity index (χ1) is 9.44. The number of sulfonamides is 1. The number of hydrogen-bond acceptors (Lipinski definition) is 4. The molecular weight excluding hydrogens is 278 g/mol. The number of fused-ring (bicyclic) bond motifs is 1. The maximum atomic E-state index is 11.8. The maximum absolute atomic E-state index is 11.8. The lowest BCUT2D eigenvalue weighted by atomic mass is 10.3. The Bertz CT molecular complexity index is 775. The number of hydrogen-bond donors (Lipinski definition) is 1. The molecule has 1 amide bonds. The third-order valence-corrected chi connectivity index (χ3v) is 3.83. The van der Waals surface area contributed by atoms with Gasteiger partial charge in [0, 0.05) is 5.92 Å². The molecule has 0 saturated heterocycles. The molecule has 20 heavy (non-hydrogen) atoms. The Morgan fingerprint density at radius 2 is 2.10 bits per heavy atom. The number of imidazole rings is 1. The van der Waals surface area contributed by atoms with E-state index in [4.69, 9.17) is 0 Å². The van der Waals surface area contributed by atoms with Crippen LogP contribution in [0.5, 0.6) is 0 Å². The standard InChI is InChI=1S/C13H15N3O3S/c1-20(18,19)15-12(17)8-16-11-5-3-2-4-10(11)14-13(16)9-6-7-9/h2-5,9H,6-8H2,1H3,(H,15,17). The van der Waals surface area contributed by atoms with Crippen molar-refractivity contribution in [1.29, 1.82) is 0 Å². The molecule has 2 aromatic rings. The van der Waals surface area contributed by atoms with Crippen LogP contribution < -0.4 is 4.72 Å². The summed E-state index contributed by atoms with van der Waals surface area (Å²) in [5.41, 5.74) is 1.69. The summed E-state index contributed by atoms with van der Waals surface area (Å²) in [6, 6.07) is 7.56. The van der Waals surface area contributed by atoms with Gasteiger partial charge in [-0.05, 0) is 25.0 Å². The van der Waals surface area contributed by atoms with Gasteiger partial charge in [-0.25, -0.2) is 13.4 Å². The van der Waals surface area contributed by atoms with Gasteiger partial charge in [-0.15, -0.1) is 0 Å². The highest BCUT2D eigenvalue weighted by Gasteiger charge is 2.30. The fourth-order valence-electron chi connectivity index (χ4n) is 2.30. The van der Waals surface area contributed by atoms with E-state index in [0.717, 1.165) is 36.0 Å². The van der Waals surface area contributed by atoms with Gasteiger partial charge < -0.3 is 4.57 Å². The topological polar surface area (TPSA) is 81.1 Å². The van der Waals surface area contributed by atoms with E-state index in [-0.39, 0.29) is 6.54 Å². The van der Waals surface area contributed by atoms with Crippen LogP contribution in [0.1, 0.15) is 24.6 Å². The Labute approximate surface area is 116 Å². The van der Waals surface area contributed by atoms with E-state index >= 15 is 0 Å². The van der Waals surface area contributed by atoms with Crippen LogP contribution in [0.4, 0.5) is 0 Å². The van der Waals surface area contributed by atoms with Crippen LogP contribution >= 0.6 is 0 Å². The van der Waals surface area contributed by atoms with Crippen molar-refractivity contribution >= 4 is 27.0 Å². The minimum atomic E-state index is -3.53. The summed E-state index contributed by atoms with van der Waals surface area (Å²) >= 11 is 0. The molecule has 1 aliphatic rings. The second-order valence-electron chi connectivity index (χ2n) is 5.12. The minimum Gasteiger partial charge on any atom is -0.318 e. The predicted octanol–water partition coefficient (Wildman–Crippen LogP) is 0.989. The summed E-state index contributed by atoms with van der Waals surface area (Å²) in [4.78, 5) is 16.4. The maximum Gasteiger partial charge on any atom is 0.253 e. The van der Waals surface area contributed by atoms with Crippen molar-refractivity contribution in [3.63, 3.8) is 0 Å². The van der Waals surface area contributed by atoms with Crippen molar-refractivity contribution in [2.75, 3.05) is 6.26 Å². The van der Waals surface area contributed by atoms with Crippen molar-refractivity contribution in [2.45, 2.75) is 25.3 Å². The SMILES string of the molecule is CS(=O)(=O)NC(=O)Cn1c(C2CC2)nc2ccccc21. The zero-order valence-electron chi connectivity index (χ0n) is 11.0. The van der Waals surface area contributed by atoms with Crippen LogP contribution in [0.25, 0.3) is 11.0 Å². The lowest BCUT2D eigenvalue weighted by Crippen LogP contribution is -2.32. The second kappa shape index (κ2) is 4.59. The van der Waals surface area contributed by atoms with E-state index in [9.17, 15) is 13.2 Å². The summed E-state index contributed by atoms with van der Waals surface area (Å²) in [5, 5.41) is 0. The number of carbonyl (C=O) groups is 1. The molecule has 106 valence electrons. The summed E-state index contributed by atoms with van der Waals surface area (Å²) in [5.74, 6) is 0.709. The first-order valence-electron chi connectivity index (χ1n) is 6.40. The lowest BCUT2D eigenvalue weighted by molar-refractivity contribution is -0.119. The van der Waals surface area contributed by atoms with Gasteiger partial charge >= 0.3 is 0 Å². The molecule has 1 heterocycles. The second-order valence-corrected chi connectivity index (χ2v) is 6.86. The number of carbonyl (C=O) groups excluding carboxylic acids is 1. The number of benzene rings is 1. The van der Waals surface area contributed by atoms with E-state index in [1.54, 1.807) is 0 Å². The molecule has 1 N–H and O–H groups in total. The summed E-state index contributed by atoms with van der Waals surface area (Å²) in [7, 11) is -3.53. The summed E-state index contributed by atoms with van der Waals surface area (Å²) in [6.07, 6.45) is 3.10. The first-order valence-corrected chi connectivity index (χ1v) is 8.29. The molecule has 1 aliphatic carbocycles. The molecule has 7 heteroatoms. The van der Waals surface area contributed by atoms with Crippen LogP contribution in [0.15, 0.2) is 24.3 Å². The van der Waals surface area contributed by atoms with Gasteiger partial charge in [-0.2, -0.15) is 0 Å². The van der Waals surface area contributed by atoms with Crippen molar-refractivity contribution < 1.29 is 13.2 Å². The number of para-hydroxylation sites is 2. The average molecular weight is 293 g/mol. The lowest BCUT2D eigenvalue weighted by Gasteiger charge is -2.08. The van der Waals surface area contributed by atoms with Crippen LogP contribution in [0.3, 0.4) is 0 Å². The van der Waals surface area contributed by atoms with Crippen molar-refractivity contribution in [2.24, 2.45) is 0 Å². The van der Waals surface area contributed by atoms with Gasteiger partial charge in [0.15, 0.2) is 0 Å². The van der Waals surface area contributed by atoms with Crippen LogP contribution in [0.2, 0.25) is 0 Å². The normalized spacial score (nSPS) is 15.4. The molecule has 6 nitrogen and oxygen atoms in total. The molecule has 0 radical (unpaired) electrons. The molecule has 1 saturated carbocycles. The summed E-state index contributed by atoms with van der Waals surface area (Å²) < 4.78 is 26.0. The zero-order valence-corrected chi connectivity index (χ0v) is 11.9. The highest BCUT2D eigenvalue weighted by atomic mass is 32.2. The Morgan fingerprint density at radius 3 is 2.75 bits per heavy atom. The monoisotopic (exact) mass is 293 g/mol. The fourth-order valence-corrected chi connectivity index (χ4v) is 2.77. The summed E-state index contributed by atoms with van der Waals surface area (Å²) in [6.45, 7) is -0.0284. The highest BCUT2D eigenvalue weighted by Crippen LogP contribution is 2.40. The number of aromatic nitrogens is 2. The highest BCUT2D eigenvalue weighted by molar-refractivity contribution is 7.89. The molecule has 1 aromatic heterocycles. The van der Waals surface area contributed by atoms with Gasteiger partial charge in [0.25, 0.3) is 5.91 Å². The third-order valence-electron chi connectivity index (χ3n) is 3.23. The smallest absolute Gasteiger partial charge is 0.253 e. The third kappa shape index (κ3) is 2.67. The van der Waals surface area contributed by atoms with Crippen molar-refractivity contribution in [3.8, 4) is 0 Å². The minimum absolute atomic E-state index is 0.0284. The largest absolute Gasteiger partial charge is 0.318 e. The Hall–Kier alpha value is -1.89. The van der Waals surface area contributed by atoms with Gasteiger partial charge in [-0.3, -0.25) is 9.52 Å². The van der Waals surface area contributed by atoms with Gasteiger partial charge in [0.05, 0.1) is 17.3 Å². The number of amides is 1. The molecular formula is C13H15N3O3S. The molecule has 1 fully saturated rings. The van der Waals surface area contributed by atoms with E-state index in [1.807, 2.05) is 33.6 Å². The number of nitrogens with one attached hydrogen (secondary N) is 1. The van der Waals surface area contributed by atoms with E-state index < -0.39 is 15.9 Å². The van der Waals surface area contributed by atoms with Crippen LogP contribution in [0, 0.1) is 0 Å². The zero-order chi connectivity index (χ0) is 14.3. The van der Waals surface area contributed by atoms with E-state index in [1.165, 1.54) is 0 Å². The molecule has 0 atom stereocenters. The Morgan fingerprint density at radius 1 is 1.40 bits per heavy atom. The van der Waals surface area contributed by atoms with Gasteiger partial charge in [-0.1, -0.05) is 12.1 Å². The van der Waals surface area contributed by atoms with Crippen LogP contribution in [-0.2, 0) is 21.4 Å². The molecule has 0 unspecified atom stereocenters. The van der Waals surface area contributed by atoms with E-state index in [2.05, 4.69) is 4.98 Å². The fraction of sp³-hybridized carbons (Fsp3) is 0.385. The number of rotatable bonds is 4. The Balaban J connectivity index is 1.97. The molecule has 0 bridgehead atoms. The molecule has 3 rings (SSSR count). The first kappa shape index (κ1) is 13.1. The van der Waals surface area contributed by atoms with Gasteiger partial charge in [0.1, 0.15) is 12.4 Å². The van der Waals surface area contributed by atoms with E-state index in [0.29, 0.717) is 5.92 Å². The average Bonchev–Trinajstić information content (AvgIpc) is 3.12. The van der Waals surface area contributed by atoms with Crippen molar-refractivity contribution in [3.05, 3.63) is 30.1 Å². The van der Waals surface area contributed by atoms with Gasteiger partial charge in [0.2, 0.25) is 10.0 Å². The molecule has 0 aliphatic heterocycles. The predicted molar refractivity (Wildman–Crippen MR) is 74.7 cm³/mol. The molecule has 1 aromatic carbocycles. The Kier molecular flexibility index (Phi) is 3.01. The van der Waals surface area contributed by atoms with Crippen molar-refractivity contribution in [1.82, 2.24) is 14.3 Å². The molecule has 0 spiro atoms. The number of nitrogens with zero attached hydrogens (tertiary/aromatic N) is 2.